The molecule has 0 aliphatic rings. The number of carboxylic acids is 1. The second kappa shape index (κ2) is 8.01. The molecule has 1 amide bonds. The van der Waals surface area contributed by atoms with E-state index in [0.29, 0.717) is 24.2 Å². The van der Waals surface area contributed by atoms with Crippen molar-refractivity contribution in [3.63, 3.8) is 0 Å². The van der Waals surface area contributed by atoms with Crippen molar-refractivity contribution in [2.45, 2.75) is 25.7 Å². The number of rotatable bonds is 7. The highest BCUT2D eigenvalue weighted by Gasteiger charge is 2.18. The van der Waals surface area contributed by atoms with Crippen molar-refractivity contribution in [1.82, 2.24) is 0 Å². The van der Waals surface area contributed by atoms with E-state index in [4.69, 9.17) is 5.11 Å². The number of hydrogen-bond donors (Lipinski definition) is 3. The third-order valence-corrected chi connectivity index (χ3v) is 3.46. The number of carboxylic acid groups (broad SMARTS) is 1. The fourth-order valence-corrected chi connectivity index (χ4v) is 2.37. The molecular weight excluding hydrogens is 310 g/mol. The second-order valence-electron chi connectivity index (χ2n) is 5.37. The Morgan fingerprint density at radius 3 is 1.79 bits per heavy atom. The van der Waals surface area contributed by atoms with E-state index in [-0.39, 0.29) is 30.2 Å². The molecule has 2 rings (SSSR count). The van der Waals surface area contributed by atoms with E-state index in [0.717, 1.165) is 0 Å². The molecule has 0 fully saturated rings. The molecule has 6 nitrogen and oxygen atoms in total. The SMILES string of the molecule is O=C(O)CCCCC(=O)N(c1cccc(O)c1)c1cccc(O)c1. The Morgan fingerprint density at radius 1 is 0.833 bits per heavy atom. The first-order valence-corrected chi connectivity index (χ1v) is 7.60. The molecule has 3 N–H and O–H groups in total. The van der Waals surface area contributed by atoms with Crippen LogP contribution in [0.15, 0.2) is 48.5 Å². The zero-order valence-corrected chi connectivity index (χ0v) is 13.1. The van der Waals surface area contributed by atoms with Crippen LogP contribution in [0, 0.1) is 0 Å². The number of amides is 1. The van der Waals surface area contributed by atoms with Crippen molar-refractivity contribution in [2.75, 3.05) is 4.90 Å². The van der Waals surface area contributed by atoms with E-state index in [1.54, 1.807) is 24.3 Å². The maximum Gasteiger partial charge on any atom is 0.303 e. The smallest absolute Gasteiger partial charge is 0.303 e. The Kier molecular flexibility index (Phi) is 5.78. The third-order valence-electron chi connectivity index (χ3n) is 3.46. The topological polar surface area (TPSA) is 98.1 Å². The molecule has 2 aromatic rings. The summed E-state index contributed by atoms with van der Waals surface area (Å²) in [6.07, 6.45) is 1.04. The number of anilines is 2. The number of unbranched alkanes of at least 4 members (excludes halogenated alkanes) is 1. The standard InChI is InChI=1S/C18H19NO5/c20-15-7-3-5-13(11-15)19(14-6-4-8-16(21)12-14)17(22)9-1-2-10-18(23)24/h3-8,11-12,20-21H,1-2,9-10H2,(H,23,24). The van der Waals surface area contributed by atoms with Crippen molar-refractivity contribution in [3.8, 4) is 11.5 Å². The fourth-order valence-electron chi connectivity index (χ4n) is 2.37. The number of aromatic hydroxyl groups is 2. The van der Waals surface area contributed by atoms with Crippen LogP contribution in [0.3, 0.4) is 0 Å². The van der Waals surface area contributed by atoms with Gasteiger partial charge in [-0.15, -0.1) is 0 Å². The summed E-state index contributed by atoms with van der Waals surface area (Å²) in [5, 5.41) is 28.0. The molecule has 0 atom stereocenters. The van der Waals surface area contributed by atoms with Crippen LogP contribution in [0.5, 0.6) is 11.5 Å². The number of phenols is 2. The van der Waals surface area contributed by atoms with E-state index in [1.165, 1.54) is 29.2 Å². The fraction of sp³-hybridized carbons (Fsp3) is 0.222. The van der Waals surface area contributed by atoms with Gasteiger partial charge in [0, 0.05) is 25.0 Å². The maximum absolute atomic E-state index is 12.6. The number of benzene rings is 2. The average Bonchev–Trinajstić information content (AvgIpc) is 2.52. The molecule has 0 aliphatic carbocycles. The number of aliphatic carboxylic acids is 1. The zero-order chi connectivity index (χ0) is 17.5. The molecular formula is C18H19NO5. The lowest BCUT2D eigenvalue weighted by Gasteiger charge is -2.23. The van der Waals surface area contributed by atoms with Gasteiger partial charge in [-0.2, -0.15) is 0 Å². The summed E-state index contributed by atoms with van der Waals surface area (Å²) in [6.45, 7) is 0. The largest absolute Gasteiger partial charge is 0.508 e. The van der Waals surface area contributed by atoms with Gasteiger partial charge in [0.25, 0.3) is 0 Å². The normalized spacial score (nSPS) is 10.3. The molecule has 0 radical (unpaired) electrons. The summed E-state index contributed by atoms with van der Waals surface area (Å²) in [5.41, 5.74) is 0.952. The van der Waals surface area contributed by atoms with Gasteiger partial charge in [-0.05, 0) is 37.1 Å². The van der Waals surface area contributed by atoms with E-state index in [1.807, 2.05) is 0 Å². The minimum atomic E-state index is -0.889. The first-order chi connectivity index (χ1) is 11.5. The number of carbonyl (C=O) groups is 2. The average molecular weight is 329 g/mol. The molecule has 0 unspecified atom stereocenters. The summed E-state index contributed by atoms with van der Waals surface area (Å²) < 4.78 is 0. The summed E-state index contributed by atoms with van der Waals surface area (Å²) in [4.78, 5) is 24.6. The number of hydrogen-bond acceptors (Lipinski definition) is 4. The van der Waals surface area contributed by atoms with Gasteiger partial charge in [-0.3, -0.25) is 14.5 Å². The van der Waals surface area contributed by atoms with Crippen molar-refractivity contribution >= 4 is 23.3 Å². The lowest BCUT2D eigenvalue weighted by Crippen LogP contribution is -2.25. The van der Waals surface area contributed by atoms with Crippen LogP contribution in [-0.4, -0.2) is 27.2 Å². The molecule has 126 valence electrons. The summed E-state index contributed by atoms with van der Waals surface area (Å²) in [5.74, 6) is -1.08. The lowest BCUT2D eigenvalue weighted by molar-refractivity contribution is -0.137. The Labute approximate surface area is 139 Å². The maximum atomic E-state index is 12.6. The van der Waals surface area contributed by atoms with E-state index in [2.05, 4.69) is 0 Å². The van der Waals surface area contributed by atoms with Crippen molar-refractivity contribution < 1.29 is 24.9 Å². The van der Waals surface area contributed by atoms with Gasteiger partial charge in [-0.25, -0.2) is 0 Å². The van der Waals surface area contributed by atoms with Gasteiger partial charge < -0.3 is 15.3 Å². The second-order valence-corrected chi connectivity index (χ2v) is 5.37. The molecule has 0 saturated carbocycles. The Balaban J connectivity index is 2.23. The van der Waals surface area contributed by atoms with Gasteiger partial charge in [-0.1, -0.05) is 12.1 Å². The van der Waals surface area contributed by atoms with Crippen LogP contribution in [0.25, 0.3) is 0 Å². The van der Waals surface area contributed by atoms with Gasteiger partial charge in [0.15, 0.2) is 0 Å². The quantitative estimate of drug-likeness (QED) is 0.676. The molecule has 24 heavy (non-hydrogen) atoms. The molecule has 0 bridgehead atoms. The van der Waals surface area contributed by atoms with Crippen LogP contribution in [0.1, 0.15) is 25.7 Å². The molecule has 2 aromatic carbocycles. The van der Waals surface area contributed by atoms with Crippen molar-refractivity contribution in [1.29, 1.82) is 0 Å². The van der Waals surface area contributed by atoms with Crippen molar-refractivity contribution in [3.05, 3.63) is 48.5 Å². The first kappa shape index (κ1) is 17.3. The Morgan fingerprint density at radius 2 is 1.33 bits per heavy atom. The molecule has 0 aliphatic heterocycles. The minimum Gasteiger partial charge on any atom is -0.508 e. The summed E-state index contributed by atoms with van der Waals surface area (Å²) >= 11 is 0. The van der Waals surface area contributed by atoms with Crippen LogP contribution < -0.4 is 4.90 Å². The lowest BCUT2D eigenvalue weighted by atomic mass is 10.1. The number of carbonyl (C=O) groups excluding carboxylic acids is 1. The number of nitrogens with zero attached hydrogens (tertiary/aromatic N) is 1. The Hall–Kier alpha value is -3.02. The minimum absolute atomic E-state index is 0.0194. The van der Waals surface area contributed by atoms with Crippen LogP contribution >= 0.6 is 0 Å². The van der Waals surface area contributed by atoms with Gasteiger partial charge in [0.05, 0.1) is 11.4 Å². The van der Waals surface area contributed by atoms with E-state index in [9.17, 15) is 19.8 Å². The summed E-state index contributed by atoms with van der Waals surface area (Å²) in [6, 6.07) is 12.5. The molecule has 0 heterocycles. The van der Waals surface area contributed by atoms with Crippen molar-refractivity contribution in [2.24, 2.45) is 0 Å². The highest BCUT2D eigenvalue weighted by molar-refractivity contribution is 6.00. The predicted octanol–water partition coefficient (Wildman–Crippen LogP) is 3.41. The third kappa shape index (κ3) is 4.74. The van der Waals surface area contributed by atoms with Crippen LogP contribution in [0.2, 0.25) is 0 Å². The van der Waals surface area contributed by atoms with Gasteiger partial charge in [0.2, 0.25) is 5.91 Å². The first-order valence-electron chi connectivity index (χ1n) is 7.60. The predicted molar refractivity (Wildman–Crippen MR) is 89.5 cm³/mol. The van der Waals surface area contributed by atoms with E-state index >= 15 is 0 Å². The number of phenolic OH excluding ortho intramolecular Hbond substituents is 2. The highest BCUT2D eigenvalue weighted by atomic mass is 16.4. The summed E-state index contributed by atoms with van der Waals surface area (Å²) in [7, 11) is 0. The molecule has 6 heteroatoms. The van der Waals surface area contributed by atoms with Gasteiger partial charge >= 0.3 is 5.97 Å². The monoisotopic (exact) mass is 329 g/mol. The van der Waals surface area contributed by atoms with Gasteiger partial charge in [0.1, 0.15) is 11.5 Å². The van der Waals surface area contributed by atoms with Crippen LogP contribution in [-0.2, 0) is 9.59 Å². The van der Waals surface area contributed by atoms with Crippen LogP contribution in [0.4, 0.5) is 11.4 Å². The molecule has 0 aromatic heterocycles. The highest BCUT2D eigenvalue weighted by Crippen LogP contribution is 2.31. The zero-order valence-electron chi connectivity index (χ0n) is 13.1. The molecule has 0 spiro atoms. The Bertz CT molecular complexity index is 683. The van der Waals surface area contributed by atoms with E-state index < -0.39 is 5.97 Å². The molecule has 0 saturated heterocycles.